The average molecular weight is 1170 g/mol. The Hall–Kier alpha value is -2.18. The van der Waals surface area contributed by atoms with Gasteiger partial charge in [-0.3, -0.25) is 9.59 Å². The molecule has 0 spiro atoms. The lowest BCUT2D eigenvalue weighted by molar-refractivity contribution is -0.143. The number of carbonyl (C=O) groups excluding carboxylic acids is 2. The van der Waals surface area contributed by atoms with Gasteiger partial charge >= 0.3 is 5.97 Å². The van der Waals surface area contributed by atoms with Crippen LogP contribution in [0.1, 0.15) is 406 Å². The Balaban J connectivity index is 3.32. The van der Waals surface area contributed by atoms with Crippen molar-refractivity contribution >= 4 is 11.9 Å². The first-order valence-electron chi connectivity index (χ1n) is 37.4. The smallest absolute Gasteiger partial charge is 0.305 e. The molecule has 0 aromatic heterocycles. The van der Waals surface area contributed by atoms with Crippen molar-refractivity contribution in [3.8, 4) is 0 Å². The van der Waals surface area contributed by atoms with Crippen LogP contribution in [0.4, 0.5) is 0 Å². The number of ether oxygens (including phenoxy) is 1. The fraction of sp³-hybridized carbons (Fsp3) is 0.870. The van der Waals surface area contributed by atoms with Crippen molar-refractivity contribution < 1.29 is 24.5 Å². The second kappa shape index (κ2) is 72.3. The van der Waals surface area contributed by atoms with Crippen molar-refractivity contribution in [2.45, 2.75) is 418 Å². The monoisotopic (exact) mass is 1160 g/mol. The Morgan fingerprint density at radius 3 is 0.940 bits per heavy atom. The van der Waals surface area contributed by atoms with Crippen LogP contribution in [0.5, 0.6) is 0 Å². The highest BCUT2D eigenvalue weighted by molar-refractivity contribution is 5.76. The van der Waals surface area contributed by atoms with Gasteiger partial charge < -0.3 is 20.3 Å². The molecule has 0 aliphatic heterocycles. The molecule has 0 aromatic carbocycles. The zero-order valence-corrected chi connectivity index (χ0v) is 55.9. The van der Waals surface area contributed by atoms with Crippen LogP contribution in [-0.2, 0) is 14.3 Å². The van der Waals surface area contributed by atoms with Gasteiger partial charge in [0.15, 0.2) is 0 Å². The fourth-order valence-corrected chi connectivity index (χ4v) is 11.6. The van der Waals surface area contributed by atoms with Gasteiger partial charge in [-0.1, -0.05) is 351 Å². The maximum Gasteiger partial charge on any atom is 0.305 e. The molecule has 0 aromatic rings. The van der Waals surface area contributed by atoms with Crippen LogP contribution in [0.2, 0.25) is 0 Å². The topological polar surface area (TPSA) is 95.9 Å². The van der Waals surface area contributed by atoms with Gasteiger partial charge in [0.25, 0.3) is 0 Å². The van der Waals surface area contributed by atoms with Crippen molar-refractivity contribution in [3.63, 3.8) is 0 Å². The molecular weight excluding hydrogens is 1020 g/mol. The highest BCUT2D eigenvalue weighted by atomic mass is 16.5. The molecule has 2 unspecified atom stereocenters. The third-order valence-corrected chi connectivity index (χ3v) is 17.3. The minimum atomic E-state index is -0.840. The molecule has 0 radical (unpaired) electrons. The van der Waals surface area contributed by atoms with Crippen molar-refractivity contribution in [2.75, 3.05) is 13.2 Å². The van der Waals surface area contributed by atoms with E-state index in [0.717, 1.165) is 51.4 Å². The van der Waals surface area contributed by atoms with Crippen molar-refractivity contribution in [2.24, 2.45) is 0 Å². The van der Waals surface area contributed by atoms with E-state index in [9.17, 15) is 19.8 Å². The SMILES string of the molecule is CCCCCC/C=C\C/C=C\CCCCCCCC(=O)OCCCCCCCCCCCCCCCCCCCC/C=C\CCCCCCCCCCCCCCCCCCCC(=O)NC(CO)C(O)/C=C/CCCCCCCCCCC. The van der Waals surface area contributed by atoms with E-state index in [1.807, 2.05) is 6.08 Å². The predicted molar refractivity (Wildman–Crippen MR) is 366 cm³/mol. The molecule has 1 amide bonds. The zero-order chi connectivity index (χ0) is 59.9. The molecule has 6 nitrogen and oxygen atoms in total. The van der Waals surface area contributed by atoms with Crippen LogP contribution < -0.4 is 5.32 Å². The van der Waals surface area contributed by atoms with E-state index in [4.69, 9.17) is 4.74 Å². The number of hydrogen-bond donors (Lipinski definition) is 3. The standard InChI is InChI=1S/C77H145NO5/c1-3-5-7-9-11-13-15-16-17-44-47-51-55-59-63-67-71-77(82)83-72-68-64-60-56-52-48-45-42-40-38-36-34-32-30-28-26-24-22-20-18-19-21-23-25-27-29-31-33-35-37-39-41-43-46-50-54-58-62-66-70-76(81)78-74(73-79)75(80)69-65-61-57-53-49-14-12-10-8-6-4-2/h13,15,17-19,44,65,69,74-75,79-80H,3-12,14,16,20-43,45-64,66-68,70-73H2,1-2H3,(H,78,81)/b15-13-,19-18-,44-17-,69-65+. The van der Waals surface area contributed by atoms with Crippen LogP contribution >= 0.6 is 0 Å². The van der Waals surface area contributed by atoms with Gasteiger partial charge in [-0.05, 0) is 89.9 Å². The molecule has 83 heavy (non-hydrogen) atoms. The maximum absolute atomic E-state index is 12.4. The van der Waals surface area contributed by atoms with Crippen molar-refractivity contribution in [3.05, 3.63) is 48.6 Å². The van der Waals surface area contributed by atoms with Gasteiger partial charge in [-0.15, -0.1) is 0 Å². The Bertz CT molecular complexity index is 1390. The molecule has 6 heteroatoms. The summed E-state index contributed by atoms with van der Waals surface area (Å²) in [4.78, 5) is 24.5. The first-order chi connectivity index (χ1) is 41.0. The van der Waals surface area contributed by atoms with E-state index in [-0.39, 0.29) is 18.5 Å². The lowest BCUT2D eigenvalue weighted by atomic mass is 10.0. The number of amides is 1. The molecule has 2 atom stereocenters. The number of hydrogen-bond acceptors (Lipinski definition) is 5. The van der Waals surface area contributed by atoms with E-state index < -0.39 is 12.1 Å². The van der Waals surface area contributed by atoms with E-state index in [1.165, 1.54) is 327 Å². The van der Waals surface area contributed by atoms with Crippen LogP contribution in [-0.4, -0.2) is 47.4 Å². The summed E-state index contributed by atoms with van der Waals surface area (Å²) >= 11 is 0. The normalized spacial score (nSPS) is 12.8. The molecule has 3 N–H and O–H groups in total. The number of rotatable bonds is 70. The number of aliphatic hydroxyl groups is 2. The second-order valence-corrected chi connectivity index (χ2v) is 25.6. The van der Waals surface area contributed by atoms with Gasteiger partial charge in [-0.2, -0.15) is 0 Å². The summed E-state index contributed by atoms with van der Waals surface area (Å²) in [6.45, 7) is 4.89. The first-order valence-corrected chi connectivity index (χ1v) is 37.4. The molecule has 0 heterocycles. The van der Waals surface area contributed by atoms with Crippen molar-refractivity contribution in [1.82, 2.24) is 5.32 Å². The molecular formula is C77H145NO5. The molecule has 0 saturated heterocycles. The highest BCUT2D eigenvalue weighted by Gasteiger charge is 2.18. The van der Waals surface area contributed by atoms with Gasteiger partial charge in [0.2, 0.25) is 5.91 Å². The van der Waals surface area contributed by atoms with E-state index >= 15 is 0 Å². The molecule has 0 fully saturated rings. The Labute approximate surface area is 518 Å². The lowest BCUT2D eigenvalue weighted by Gasteiger charge is -2.20. The third-order valence-electron chi connectivity index (χ3n) is 17.3. The molecule has 0 rings (SSSR count). The summed E-state index contributed by atoms with van der Waals surface area (Å²) in [5.41, 5.74) is 0. The highest BCUT2D eigenvalue weighted by Crippen LogP contribution is 2.19. The van der Waals surface area contributed by atoms with E-state index in [0.29, 0.717) is 19.4 Å². The number of esters is 1. The van der Waals surface area contributed by atoms with Crippen LogP contribution in [0, 0.1) is 0 Å². The summed E-state index contributed by atoms with van der Waals surface area (Å²) in [6, 6.07) is -0.623. The summed E-state index contributed by atoms with van der Waals surface area (Å²) in [5, 5.41) is 23.1. The Morgan fingerprint density at radius 2 is 0.602 bits per heavy atom. The van der Waals surface area contributed by atoms with Gasteiger partial charge in [0.1, 0.15) is 0 Å². The number of allylic oxidation sites excluding steroid dienone is 7. The summed E-state index contributed by atoms with van der Waals surface area (Å²) < 4.78 is 5.50. The minimum absolute atomic E-state index is 0.00890. The fourth-order valence-electron chi connectivity index (χ4n) is 11.6. The predicted octanol–water partition coefficient (Wildman–Crippen LogP) is 24.4. The number of aliphatic hydroxyl groups excluding tert-OH is 2. The molecule has 0 aliphatic carbocycles. The van der Waals surface area contributed by atoms with Crippen LogP contribution in [0.3, 0.4) is 0 Å². The maximum atomic E-state index is 12.4. The third kappa shape index (κ3) is 68.8. The minimum Gasteiger partial charge on any atom is -0.466 e. The molecule has 0 bridgehead atoms. The quantitative estimate of drug-likeness (QED) is 0.0320. The van der Waals surface area contributed by atoms with Crippen LogP contribution in [0.15, 0.2) is 48.6 Å². The summed E-state index contributed by atoms with van der Waals surface area (Å²) in [5.74, 6) is -0.0547. The van der Waals surface area contributed by atoms with Crippen LogP contribution in [0.25, 0.3) is 0 Å². The number of nitrogens with one attached hydrogen (secondary N) is 1. The Kier molecular flexibility index (Phi) is 70.4. The van der Waals surface area contributed by atoms with Gasteiger partial charge in [0, 0.05) is 12.8 Å². The van der Waals surface area contributed by atoms with Gasteiger partial charge in [0.05, 0.1) is 25.4 Å². The molecule has 0 aliphatic rings. The Morgan fingerprint density at radius 1 is 0.337 bits per heavy atom. The van der Waals surface area contributed by atoms with Gasteiger partial charge in [-0.25, -0.2) is 0 Å². The number of carbonyl (C=O) groups is 2. The number of unbranched alkanes of at least 4 members (excludes halogenated alkanes) is 53. The average Bonchev–Trinajstić information content (AvgIpc) is 3.49. The largest absolute Gasteiger partial charge is 0.466 e. The summed E-state index contributed by atoms with van der Waals surface area (Å²) in [6.07, 6.45) is 95.2. The molecule has 488 valence electrons. The van der Waals surface area contributed by atoms with E-state index in [2.05, 4.69) is 55.6 Å². The first kappa shape index (κ1) is 80.8. The summed E-state index contributed by atoms with van der Waals surface area (Å²) in [7, 11) is 0. The lowest BCUT2D eigenvalue weighted by Crippen LogP contribution is -2.45. The zero-order valence-electron chi connectivity index (χ0n) is 55.9. The molecule has 0 saturated carbocycles. The van der Waals surface area contributed by atoms with Crippen molar-refractivity contribution in [1.29, 1.82) is 0 Å². The second-order valence-electron chi connectivity index (χ2n) is 25.6. The van der Waals surface area contributed by atoms with E-state index in [1.54, 1.807) is 6.08 Å².